The number of aliphatic hydroxyl groups excluding tert-OH is 1. The Bertz CT molecular complexity index is 1510. The number of anilines is 2. The first kappa shape index (κ1) is 24.2. The SMILES string of the molecule is CCOc1nn(-c2ccccc2)c(NC(O)Nc2c(-c3ccc(OC)cc3)nc3c(C)cccn23)c1C. The predicted molar refractivity (Wildman–Crippen MR) is 145 cm³/mol. The van der Waals surface area contributed by atoms with Crippen molar-refractivity contribution in [1.82, 2.24) is 19.2 Å². The highest BCUT2D eigenvalue weighted by Crippen LogP contribution is 2.33. The van der Waals surface area contributed by atoms with E-state index < -0.39 is 6.35 Å². The number of aromatic nitrogens is 4. The largest absolute Gasteiger partial charge is 0.497 e. The van der Waals surface area contributed by atoms with E-state index in [9.17, 15) is 5.11 Å². The van der Waals surface area contributed by atoms with E-state index in [0.29, 0.717) is 29.8 Å². The highest BCUT2D eigenvalue weighted by atomic mass is 16.5. The number of aryl methyl sites for hydroxylation is 1. The molecule has 0 aliphatic heterocycles. The molecule has 3 heterocycles. The van der Waals surface area contributed by atoms with E-state index in [1.165, 1.54) is 0 Å². The van der Waals surface area contributed by atoms with E-state index >= 15 is 0 Å². The third-order valence-corrected chi connectivity index (χ3v) is 6.12. The summed E-state index contributed by atoms with van der Waals surface area (Å²) in [6, 6.07) is 21.4. The first-order valence-corrected chi connectivity index (χ1v) is 12.1. The molecule has 0 fully saturated rings. The first-order chi connectivity index (χ1) is 18.0. The topological polar surface area (TPSA) is 97.9 Å². The van der Waals surface area contributed by atoms with Gasteiger partial charge in [-0.2, -0.15) is 0 Å². The third kappa shape index (κ3) is 4.68. The van der Waals surface area contributed by atoms with E-state index in [1.807, 2.05) is 98.1 Å². The van der Waals surface area contributed by atoms with Crippen molar-refractivity contribution >= 4 is 17.3 Å². The van der Waals surface area contributed by atoms with Gasteiger partial charge in [-0.3, -0.25) is 4.40 Å². The molecule has 3 aromatic heterocycles. The average molecular weight is 499 g/mol. The fourth-order valence-corrected chi connectivity index (χ4v) is 4.26. The van der Waals surface area contributed by atoms with Gasteiger partial charge in [0.25, 0.3) is 0 Å². The van der Waals surface area contributed by atoms with Gasteiger partial charge >= 0.3 is 0 Å². The zero-order valence-electron chi connectivity index (χ0n) is 21.3. The van der Waals surface area contributed by atoms with Gasteiger partial charge in [0.15, 0.2) is 0 Å². The van der Waals surface area contributed by atoms with Crippen LogP contribution in [-0.2, 0) is 0 Å². The predicted octanol–water partition coefficient (Wildman–Crippen LogP) is 5.01. The summed E-state index contributed by atoms with van der Waals surface area (Å²) in [5.74, 6) is 2.53. The van der Waals surface area contributed by atoms with E-state index in [0.717, 1.165) is 33.8 Å². The minimum absolute atomic E-state index is 0.485. The molecule has 0 saturated carbocycles. The summed E-state index contributed by atoms with van der Waals surface area (Å²) < 4.78 is 14.7. The monoisotopic (exact) mass is 498 g/mol. The number of fused-ring (bicyclic) bond motifs is 1. The Balaban J connectivity index is 1.52. The number of para-hydroxylation sites is 1. The lowest BCUT2D eigenvalue weighted by Crippen LogP contribution is -2.30. The summed E-state index contributed by atoms with van der Waals surface area (Å²) >= 11 is 0. The molecule has 9 nitrogen and oxygen atoms in total. The molecule has 5 rings (SSSR count). The maximum absolute atomic E-state index is 11.2. The van der Waals surface area contributed by atoms with E-state index in [4.69, 9.17) is 14.5 Å². The van der Waals surface area contributed by atoms with Crippen LogP contribution in [0.25, 0.3) is 22.6 Å². The van der Waals surface area contributed by atoms with Gasteiger partial charge in [0.2, 0.25) is 12.2 Å². The van der Waals surface area contributed by atoms with Crippen molar-refractivity contribution in [2.45, 2.75) is 27.1 Å². The van der Waals surface area contributed by atoms with Gasteiger partial charge in [0.1, 0.15) is 28.7 Å². The number of nitrogens with zero attached hydrogens (tertiary/aromatic N) is 4. The number of aliphatic hydroxyl groups is 1. The van der Waals surface area contributed by atoms with Crippen LogP contribution in [-0.4, -0.2) is 44.3 Å². The summed E-state index contributed by atoms with van der Waals surface area (Å²) in [7, 11) is 1.64. The van der Waals surface area contributed by atoms with Gasteiger partial charge in [-0.1, -0.05) is 24.3 Å². The van der Waals surface area contributed by atoms with Crippen LogP contribution in [0.15, 0.2) is 72.9 Å². The fourth-order valence-electron chi connectivity index (χ4n) is 4.26. The van der Waals surface area contributed by atoms with Crippen LogP contribution in [0.4, 0.5) is 11.6 Å². The number of rotatable bonds is 9. The smallest absolute Gasteiger partial charge is 0.238 e. The van der Waals surface area contributed by atoms with E-state index in [1.54, 1.807) is 11.8 Å². The fraction of sp³-hybridized carbons (Fsp3) is 0.214. The van der Waals surface area contributed by atoms with Crippen LogP contribution in [0.3, 0.4) is 0 Å². The Morgan fingerprint density at radius 1 is 0.946 bits per heavy atom. The summed E-state index contributed by atoms with van der Waals surface area (Å²) in [6.45, 7) is 6.32. The number of hydrogen-bond acceptors (Lipinski definition) is 7. The molecule has 1 atom stereocenters. The van der Waals surface area contributed by atoms with E-state index in [-0.39, 0.29) is 0 Å². The Morgan fingerprint density at radius 2 is 1.68 bits per heavy atom. The molecule has 190 valence electrons. The molecular formula is C28H30N6O3. The quantitative estimate of drug-likeness (QED) is 0.246. The van der Waals surface area contributed by atoms with Crippen molar-refractivity contribution in [2.75, 3.05) is 24.4 Å². The van der Waals surface area contributed by atoms with Crippen LogP contribution < -0.4 is 20.1 Å². The number of benzene rings is 2. The normalized spacial score (nSPS) is 11.9. The Labute approximate surface area is 215 Å². The lowest BCUT2D eigenvalue weighted by atomic mass is 10.1. The zero-order chi connectivity index (χ0) is 25.9. The van der Waals surface area contributed by atoms with Crippen molar-refractivity contribution in [3.63, 3.8) is 0 Å². The lowest BCUT2D eigenvalue weighted by molar-refractivity contribution is 0.231. The standard InChI is InChI=1S/C28H30N6O3/c1-5-37-27-19(3)25(34(32-27)21-11-7-6-8-12-21)30-28(35)31-26-23(20-13-15-22(36-4)16-14-20)29-24-18(2)10-9-17-33(24)26/h6-17,28,30-31,35H,5H2,1-4H3. The molecule has 2 aromatic carbocycles. The number of pyridine rings is 1. The Morgan fingerprint density at radius 3 is 2.38 bits per heavy atom. The van der Waals surface area contributed by atoms with Gasteiger partial charge < -0.3 is 25.2 Å². The molecule has 1 unspecified atom stereocenters. The highest BCUT2D eigenvalue weighted by Gasteiger charge is 2.22. The van der Waals surface area contributed by atoms with Gasteiger partial charge in [-0.25, -0.2) is 9.67 Å². The van der Waals surface area contributed by atoms with Crippen LogP contribution in [0.2, 0.25) is 0 Å². The number of methoxy groups -OCH3 is 1. The van der Waals surface area contributed by atoms with E-state index in [2.05, 4.69) is 15.7 Å². The number of imidazole rings is 1. The maximum Gasteiger partial charge on any atom is 0.238 e. The average Bonchev–Trinajstić information content (AvgIpc) is 3.43. The number of ether oxygens (including phenoxy) is 2. The van der Waals surface area contributed by atoms with Crippen molar-refractivity contribution in [3.05, 3.63) is 84.1 Å². The molecule has 0 aliphatic rings. The van der Waals surface area contributed by atoms with Gasteiger partial charge in [0, 0.05) is 11.8 Å². The van der Waals surface area contributed by atoms with Gasteiger partial charge in [-0.15, -0.1) is 5.10 Å². The minimum atomic E-state index is -1.16. The van der Waals surface area contributed by atoms with Crippen molar-refractivity contribution in [1.29, 1.82) is 0 Å². The maximum atomic E-state index is 11.2. The molecule has 0 aliphatic carbocycles. The number of nitrogens with one attached hydrogen (secondary N) is 2. The highest BCUT2D eigenvalue weighted by molar-refractivity contribution is 5.78. The second-order valence-corrected chi connectivity index (χ2v) is 8.57. The molecule has 5 aromatic rings. The second kappa shape index (κ2) is 10.2. The Kier molecular flexibility index (Phi) is 6.70. The second-order valence-electron chi connectivity index (χ2n) is 8.57. The molecule has 0 saturated heterocycles. The van der Waals surface area contributed by atoms with Crippen molar-refractivity contribution in [2.24, 2.45) is 0 Å². The number of hydrogen-bond donors (Lipinski definition) is 3. The molecule has 0 spiro atoms. The summed E-state index contributed by atoms with van der Waals surface area (Å²) in [6.07, 6.45) is 0.758. The summed E-state index contributed by atoms with van der Waals surface area (Å²) in [4.78, 5) is 4.89. The summed E-state index contributed by atoms with van der Waals surface area (Å²) in [5, 5.41) is 22.2. The van der Waals surface area contributed by atoms with Crippen LogP contribution in [0.1, 0.15) is 18.1 Å². The molecule has 37 heavy (non-hydrogen) atoms. The van der Waals surface area contributed by atoms with Crippen LogP contribution >= 0.6 is 0 Å². The molecule has 0 bridgehead atoms. The first-order valence-electron chi connectivity index (χ1n) is 12.1. The molecule has 9 heteroatoms. The third-order valence-electron chi connectivity index (χ3n) is 6.12. The molecule has 0 amide bonds. The molecule has 3 N–H and O–H groups in total. The summed E-state index contributed by atoms with van der Waals surface area (Å²) in [5.41, 5.74) is 5.05. The Hall–Kier alpha value is -4.50. The molecule has 0 radical (unpaired) electrons. The minimum Gasteiger partial charge on any atom is -0.497 e. The molecular weight excluding hydrogens is 468 g/mol. The van der Waals surface area contributed by atoms with Crippen molar-refractivity contribution < 1.29 is 14.6 Å². The van der Waals surface area contributed by atoms with Crippen LogP contribution in [0, 0.1) is 13.8 Å². The lowest BCUT2D eigenvalue weighted by Gasteiger charge is -2.19. The van der Waals surface area contributed by atoms with Gasteiger partial charge in [0.05, 0.1) is 25.0 Å². The zero-order valence-corrected chi connectivity index (χ0v) is 21.3. The van der Waals surface area contributed by atoms with Gasteiger partial charge in [-0.05, 0) is 68.8 Å². The van der Waals surface area contributed by atoms with Crippen LogP contribution in [0.5, 0.6) is 11.6 Å². The van der Waals surface area contributed by atoms with Crippen molar-refractivity contribution in [3.8, 4) is 28.6 Å².